The average molecular weight is 246 g/mol. The lowest BCUT2D eigenvalue weighted by Crippen LogP contribution is -2.40. The maximum Gasteiger partial charge on any atom is 0.131 e. The van der Waals surface area contributed by atoms with E-state index in [1.165, 1.54) is 17.4 Å². The van der Waals surface area contributed by atoms with E-state index in [1.807, 2.05) is 6.07 Å². The molecule has 0 aromatic heterocycles. The highest BCUT2D eigenvalue weighted by molar-refractivity contribution is 5.71. The maximum absolute atomic E-state index is 11.9. The van der Waals surface area contributed by atoms with E-state index in [-0.39, 0.29) is 5.41 Å². The third-order valence-electron chi connectivity index (χ3n) is 4.15. The van der Waals surface area contributed by atoms with Crippen LogP contribution in [0.15, 0.2) is 24.3 Å². The van der Waals surface area contributed by atoms with Crippen LogP contribution < -0.4 is 0 Å². The summed E-state index contributed by atoms with van der Waals surface area (Å²) in [7, 11) is 0. The molecule has 1 nitrogen and oxygen atoms in total. The second kappa shape index (κ2) is 5.69. The van der Waals surface area contributed by atoms with Crippen LogP contribution in [0.25, 0.3) is 0 Å². The van der Waals surface area contributed by atoms with Gasteiger partial charge in [0.05, 0.1) is 5.41 Å². The molecule has 0 bridgehead atoms. The van der Waals surface area contributed by atoms with Crippen molar-refractivity contribution in [3.8, 4) is 0 Å². The minimum absolute atomic E-state index is 0.301. The smallest absolute Gasteiger partial charge is 0.131 e. The molecule has 0 aliphatic rings. The molecule has 0 fully saturated rings. The summed E-state index contributed by atoms with van der Waals surface area (Å²) < 4.78 is 0. The van der Waals surface area contributed by atoms with Crippen molar-refractivity contribution in [3.05, 3.63) is 35.4 Å². The van der Waals surface area contributed by atoms with Gasteiger partial charge in [0, 0.05) is 0 Å². The van der Waals surface area contributed by atoms with Crippen molar-refractivity contribution in [3.63, 3.8) is 0 Å². The quantitative estimate of drug-likeness (QED) is 0.696. The molecule has 0 unspecified atom stereocenters. The van der Waals surface area contributed by atoms with Crippen LogP contribution in [-0.4, -0.2) is 6.29 Å². The van der Waals surface area contributed by atoms with Crippen molar-refractivity contribution in [1.29, 1.82) is 0 Å². The highest BCUT2D eigenvalue weighted by Crippen LogP contribution is 2.41. The number of aldehydes is 1. The first-order valence-electron chi connectivity index (χ1n) is 6.93. The Morgan fingerprint density at radius 1 is 0.944 bits per heavy atom. The third kappa shape index (κ3) is 2.36. The molecule has 0 amide bonds. The first kappa shape index (κ1) is 14.9. The number of hydrogen-bond acceptors (Lipinski definition) is 1. The van der Waals surface area contributed by atoms with E-state index < -0.39 is 0 Å². The summed E-state index contributed by atoms with van der Waals surface area (Å²) >= 11 is 0. The Balaban J connectivity index is 3.52. The summed E-state index contributed by atoms with van der Waals surface area (Å²) in [5.41, 5.74) is 2.13. The zero-order valence-electron chi connectivity index (χ0n) is 12.5. The molecule has 1 aromatic carbocycles. The Morgan fingerprint density at radius 3 is 1.83 bits per heavy atom. The number of carbonyl (C=O) groups excluding carboxylic acids is 1. The van der Waals surface area contributed by atoms with Gasteiger partial charge < -0.3 is 4.79 Å². The van der Waals surface area contributed by atoms with Crippen LogP contribution in [0.2, 0.25) is 0 Å². The predicted molar refractivity (Wildman–Crippen MR) is 77.9 cm³/mol. The van der Waals surface area contributed by atoms with Crippen LogP contribution in [0.1, 0.15) is 58.6 Å². The minimum Gasteiger partial charge on any atom is -0.302 e. The van der Waals surface area contributed by atoms with Crippen LogP contribution >= 0.6 is 0 Å². The van der Waals surface area contributed by atoms with Gasteiger partial charge in [0.25, 0.3) is 0 Å². The van der Waals surface area contributed by atoms with Gasteiger partial charge in [-0.1, -0.05) is 65.8 Å². The molecule has 0 saturated heterocycles. The van der Waals surface area contributed by atoms with Gasteiger partial charge in [-0.3, -0.25) is 0 Å². The Bertz CT molecular complexity index is 394. The standard InChI is InChI=1S/C17H26O/c1-12(2)15-9-7-8-10-16(15)17(11-18,13(3)4)14(5)6/h7-14H,1-6H3. The SMILES string of the molecule is CC(C)c1ccccc1C(C=O)(C(C)C)C(C)C. The number of rotatable bonds is 5. The van der Waals surface area contributed by atoms with E-state index in [2.05, 4.69) is 59.7 Å². The second-order valence-corrected chi connectivity index (χ2v) is 6.10. The van der Waals surface area contributed by atoms with Crippen LogP contribution in [0, 0.1) is 11.8 Å². The van der Waals surface area contributed by atoms with E-state index in [9.17, 15) is 4.79 Å². The predicted octanol–water partition coefficient (Wildman–Crippen LogP) is 4.56. The van der Waals surface area contributed by atoms with E-state index in [4.69, 9.17) is 0 Å². The molecule has 0 aliphatic heterocycles. The Hall–Kier alpha value is -1.11. The molecule has 1 rings (SSSR count). The fourth-order valence-corrected chi connectivity index (χ4v) is 3.02. The molecule has 0 heterocycles. The largest absolute Gasteiger partial charge is 0.302 e. The number of benzene rings is 1. The molecule has 0 saturated carbocycles. The zero-order valence-corrected chi connectivity index (χ0v) is 12.5. The monoisotopic (exact) mass is 246 g/mol. The topological polar surface area (TPSA) is 17.1 Å². The molecule has 0 atom stereocenters. The van der Waals surface area contributed by atoms with Crippen LogP contribution in [-0.2, 0) is 10.2 Å². The maximum atomic E-state index is 11.9. The molecular formula is C17H26O. The zero-order chi connectivity index (χ0) is 13.9. The summed E-state index contributed by atoms with van der Waals surface area (Å²) in [6.07, 6.45) is 1.17. The van der Waals surface area contributed by atoms with Crippen molar-refractivity contribution in [2.24, 2.45) is 11.8 Å². The van der Waals surface area contributed by atoms with Gasteiger partial charge >= 0.3 is 0 Å². The van der Waals surface area contributed by atoms with Gasteiger partial charge in [-0.15, -0.1) is 0 Å². The van der Waals surface area contributed by atoms with Gasteiger partial charge in [-0.25, -0.2) is 0 Å². The summed E-state index contributed by atoms with van der Waals surface area (Å²) in [6, 6.07) is 8.39. The molecule has 1 aromatic rings. The van der Waals surface area contributed by atoms with Gasteiger partial charge in [0.15, 0.2) is 0 Å². The highest BCUT2D eigenvalue weighted by atomic mass is 16.1. The van der Waals surface area contributed by atoms with Crippen LogP contribution in [0.4, 0.5) is 0 Å². The average Bonchev–Trinajstić information content (AvgIpc) is 2.30. The second-order valence-electron chi connectivity index (χ2n) is 6.10. The van der Waals surface area contributed by atoms with Gasteiger partial charge in [0.2, 0.25) is 0 Å². The van der Waals surface area contributed by atoms with Crippen molar-refractivity contribution >= 4 is 6.29 Å². The molecule has 0 N–H and O–H groups in total. The molecular weight excluding hydrogens is 220 g/mol. The van der Waals surface area contributed by atoms with Crippen LogP contribution in [0.3, 0.4) is 0 Å². The first-order valence-corrected chi connectivity index (χ1v) is 6.93. The molecule has 100 valence electrons. The fourth-order valence-electron chi connectivity index (χ4n) is 3.02. The third-order valence-corrected chi connectivity index (χ3v) is 4.15. The molecule has 0 radical (unpaired) electrons. The summed E-state index contributed by atoms with van der Waals surface area (Å²) in [5, 5.41) is 0. The van der Waals surface area contributed by atoms with Crippen LogP contribution in [0.5, 0.6) is 0 Å². The molecule has 0 aliphatic carbocycles. The summed E-state index contributed by atoms with van der Waals surface area (Å²) in [4.78, 5) is 11.9. The molecule has 1 heteroatoms. The van der Waals surface area contributed by atoms with Crippen molar-refractivity contribution in [2.45, 2.75) is 52.9 Å². The lowest BCUT2D eigenvalue weighted by Gasteiger charge is -2.38. The van der Waals surface area contributed by atoms with Gasteiger partial charge in [-0.2, -0.15) is 0 Å². The minimum atomic E-state index is -0.374. The lowest BCUT2D eigenvalue weighted by atomic mass is 9.63. The van der Waals surface area contributed by atoms with E-state index in [1.54, 1.807) is 0 Å². The summed E-state index contributed by atoms with van der Waals surface area (Å²) in [6.45, 7) is 13.0. The van der Waals surface area contributed by atoms with Crippen molar-refractivity contribution < 1.29 is 4.79 Å². The fraction of sp³-hybridized carbons (Fsp3) is 0.588. The van der Waals surface area contributed by atoms with E-state index in [0.717, 1.165) is 0 Å². The van der Waals surface area contributed by atoms with Gasteiger partial charge in [0.1, 0.15) is 6.29 Å². The van der Waals surface area contributed by atoms with Gasteiger partial charge in [-0.05, 0) is 28.9 Å². The molecule has 0 spiro atoms. The Kier molecular flexibility index (Phi) is 4.72. The van der Waals surface area contributed by atoms with Crippen molar-refractivity contribution in [2.75, 3.05) is 0 Å². The summed E-state index contributed by atoms with van der Waals surface area (Å²) in [5.74, 6) is 1.04. The molecule has 18 heavy (non-hydrogen) atoms. The number of carbonyl (C=O) groups is 1. The van der Waals surface area contributed by atoms with Crippen molar-refractivity contribution in [1.82, 2.24) is 0 Å². The normalized spacial score (nSPS) is 12.5. The van der Waals surface area contributed by atoms with E-state index in [0.29, 0.717) is 17.8 Å². The lowest BCUT2D eigenvalue weighted by molar-refractivity contribution is -0.115. The highest BCUT2D eigenvalue weighted by Gasteiger charge is 2.40. The van der Waals surface area contributed by atoms with E-state index >= 15 is 0 Å². The number of hydrogen-bond donors (Lipinski definition) is 0. The Labute approximate surface area is 112 Å². The first-order chi connectivity index (χ1) is 8.37. The Morgan fingerprint density at radius 2 is 1.44 bits per heavy atom.